The second kappa shape index (κ2) is 38.1. The Morgan fingerprint density at radius 1 is 0.443 bits per heavy atom. The summed E-state index contributed by atoms with van der Waals surface area (Å²) in [6, 6.07) is 50.4. The Labute approximate surface area is 618 Å². The largest absolute Gasteiger partial charge is 0.448 e. The summed E-state index contributed by atoms with van der Waals surface area (Å²) < 4.78 is 23.6. The first-order valence-electron chi connectivity index (χ1n) is 36.6. The topological polar surface area (TPSA) is 338 Å². The van der Waals surface area contributed by atoms with Crippen molar-refractivity contribution in [2.24, 2.45) is 23.1 Å². The third kappa shape index (κ3) is 19.8. The van der Waals surface area contributed by atoms with Crippen molar-refractivity contribution in [1.82, 2.24) is 36.0 Å². The van der Waals surface area contributed by atoms with Crippen molar-refractivity contribution in [3.63, 3.8) is 0 Å². The summed E-state index contributed by atoms with van der Waals surface area (Å²) in [4.78, 5) is 127. The molecule has 11 N–H and O–H groups in total. The molecule has 0 heterocycles. The number of benzene rings is 7. The lowest BCUT2D eigenvalue weighted by molar-refractivity contribution is -0.139. The number of unbranched alkanes of at least 4 members (excludes halogenated alkanes) is 2. The van der Waals surface area contributed by atoms with E-state index in [1.807, 2.05) is 97.1 Å². The molecule has 0 aromatic heterocycles. The fraction of sp³-hybridized carbons (Fsp3) is 0.378. The van der Waals surface area contributed by atoms with Crippen LogP contribution >= 0.6 is 0 Å². The van der Waals surface area contributed by atoms with Gasteiger partial charge >= 0.3 is 30.4 Å². The minimum Gasteiger partial charge on any atom is -0.448 e. The molecule has 24 nitrogen and oxygen atoms in total. The predicted molar refractivity (Wildman–Crippen MR) is 404 cm³/mol. The normalized spacial score (nSPS) is 13.2. The first kappa shape index (κ1) is 77.5. The van der Waals surface area contributed by atoms with Crippen LogP contribution in [0.1, 0.15) is 135 Å². The number of ether oxygens (including phenoxy) is 4. The van der Waals surface area contributed by atoms with Crippen LogP contribution in [0.25, 0.3) is 33.4 Å². The van der Waals surface area contributed by atoms with Gasteiger partial charge in [-0.1, -0.05) is 172 Å². The number of nitrogens with one attached hydrogen (secondary N) is 5. The number of anilines is 1. The third-order valence-electron chi connectivity index (χ3n) is 19.7. The highest BCUT2D eigenvalue weighted by molar-refractivity contribution is 6.00. The first-order valence-corrected chi connectivity index (χ1v) is 36.6. The number of hydrogen-bond donors (Lipinski definition) is 8. The van der Waals surface area contributed by atoms with Crippen LogP contribution in [0.5, 0.6) is 0 Å². The van der Waals surface area contributed by atoms with Crippen molar-refractivity contribution in [3.8, 4) is 33.4 Å². The zero-order chi connectivity index (χ0) is 75.1. The molecule has 0 unspecified atom stereocenters. The van der Waals surface area contributed by atoms with Crippen LogP contribution < -0.4 is 43.8 Å². The fourth-order valence-corrected chi connectivity index (χ4v) is 14.3. The van der Waals surface area contributed by atoms with Crippen LogP contribution in [0, 0.1) is 5.92 Å². The van der Waals surface area contributed by atoms with Crippen molar-refractivity contribution in [1.29, 1.82) is 0 Å². The molecule has 0 saturated heterocycles. The number of carbonyl (C=O) groups is 9. The Hall–Kier alpha value is -11.1. The molecule has 3 atom stereocenters. The number of hydrogen-bond acceptors (Lipinski definition) is 16. The molecule has 24 heteroatoms. The predicted octanol–water partition coefficient (Wildman–Crippen LogP) is 11.2. The first-order chi connectivity index (χ1) is 51.4. The molecule has 0 spiro atoms. The molecule has 106 heavy (non-hydrogen) atoms. The Bertz CT molecular complexity index is 4090. The van der Waals surface area contributed by atoms with Gasteiger partial charge in [-0.25, -0.2) is 28.9 Å². The highest BCUT2D eigenvalue weighted by atomic mass is 16.6. The molecule has 10 amide bonds. The molecule has 7 aromatic rings. The second-order valence-corrected chi connectivity index (χ2v) is 27.2. The highest BCUT2D eigenvalue weighted by Gasteiger charge is 2.40. The Morgan fingerprint density at radius 3 is 1.29 bits per heavy atom. The summed E-state index contributed by atoms with van der Waals surface area (Å²) >= 11 is 0. The quantitative estimate of drug-likeness (QED) is 0.0134. The molecule has 3 aliphatic carbocycles. The SMILES string of the molecule is CC(=O)N(C(=O)OCC1c2ccccc2-c2ccccc21)[C@@H](CCCCN)C(=O)N[C@H](C(=O)N[C@@H](CCCNC(N)=O)C(=O)NC(=O)OCc1ccc(NCCCN(CCCCN(CCCN)C(=O)OCC2c3ccccc3-c3ccccc32)C(=O)OCC2c3ccccc3-c3ccccc32)cc1)C(C)C. The van der Waals surface area contributed by atoms with Crippen molar-refractivity contribution in [2.45, 2.75) is 121 Å². The van der Waals surface area contributed by atoms with E-state index in [1.165, 1.54) is 0 Å². The fourth-order valence-electron chi connectivity index (χ4n) is 14.3. The maximum Gasteiger partial charge on any atom is 0.417 e. The molecule has 558 valence electrons. The number of urea groups is 1. The standard InChI is InChI=1S/C82H97N11O13/c1-53(2)74(89-76(96)73(36-16-17-41-83)93(54(3)94)82(102)106-52-71-67-33-14-8-27-61(67)62-28-9-15-34-68(62)71)77(97)88-72(35-20-43-87-78(85)98)75(95)90-79(99)103-49-55-37-39-56(40-38-55)86-44-22-48-92(81(101)105-51-70-65-31-12-6-25-59(65)60-26-7-13-32-66(60)70)46-19-18-45-91(47-21-42-84)80(100)104-50-69-63-29-10-4-23-57(63)58-24-5-11-30-64(58)69/h4-15,23-34,37-40,53,69-74,86H,16-22,35-36,41-52,83-84H2,1-3H3,(H,88,97)(H,89,96)(H3,85,87,98)(H,90,95,99)/t72-,73-,74-/m0/s1. The number of alkyl carbamates (subject to hydrolysis) is 1. The van der Waals surface area contributed by atoms with Gasteiger partial charge in [0.05, 0.1) is 0 Å². The summed E-state index contributed by atoms with van der Waals surface area (Å²) in [6.07, 6.45) is 0.0990. The van der Waals surface area contributed by atoms with E-state index in [-0.39, 0.29) is 76.5 Å². The van der Waals surface area contributed by atoms with Crippen molar-refractivity contribution in [2.75, 3.05) is 77.5 Å². The molecule has 10 rings (SSSR count). The van der Waals surface area contributed by atoms with Gasteiger partial charge in [0.25, 0.3) is 5.91 Å². The minimum absolute atomic E-state index is 0.00805. The Kier molecular flexibility index (Phi) is 27.8. The number of fused-ring (bicyclic) bond motifs is 9. The van der Waals surface area contributed by atoms with Gasteiger partial charge in [-0.3, -0.25) is 24.5 Å². The lowest BCUT2D eigenvalue weighted by atomic mass is 9.98. The highest BCUT2D eigenvalue weighted by Crippen LogP contribution is 2.47. The zero-order valence-corrected chi connectivity index (χ0v) is 60.4. The van der Waals surface area contributed by atoms with Gasteiger partial charge in [0.1, 0.15) is 44.6 Å². The van der Waals surface area contributed by atoms with E-state index in [0.717, 1.165) is 84.3 Å². The van der Waals surface area contributed by atoms with Crippen LogP contribution in [-0.2, 0) is 44.7 Å². The molecule has 7 aromatic carbocycles. The number of nitrogens with two attached hydrogens (primary N) is 3. The summed E-state index contributed by atoms with van der Waals surface area (Å²) in [5, 5.41) is 13.4. The van der Waals surface area contributed by atoms with E-state index in [9.17, 15) is 43.2 Å². The van der Waals surface area contributed by atoms with Gasteiger partial charge in [0.15, 0.2) is 0 Å². The van der Waals surface area contributed by atoms with Crippen molar-refractivity contribution in [3.05, 3.63) is 209 Å². The maximum absolute atomic E-state index is 14.5. The molecular formula is C82H97N11O13. The number of imide groups is 2. The number of carbonyl (C=O) groups excluding carboxylic acids is 9. The van der Waals surface area contributed by atoms with Gasteiger partial charge in [-0.05, 0) is 161 Å². The lowest BCUT2D eigenvalue weighted by Crippen LogP contribution is -2.59. The van der Waals surface area contributed by atoms with E-state index in [1.54, 1.807) is 47.9 Å². The van der Waals surface area contributed by atoms with Gasteiger partial charge in [-0.15, -0.1) is 0 Å². The van der Waals surface area contributed by atoms with E-state index >= 15 is 0 Å². The average Bonchev–Trinajstić information content (AvgIpc) is 1.62. The third-order valence-corrected chi connectivity index (χ3v) is 19.7. The molecular weight excluding hydrogens is 1350 g/mol. The number of rotatable bonds is 36. The monoisotopic (exact) mass is 1440 g/mol. The van der Waals surface area contributed by atoms with Gasteiger partial charge < -0.3 is 67.2 Å². The molecule has 0 bridgehead atoms. The van der Waals surface area contributed by atoms with Crippen LogP contribution in [0.15, 0.2) is 170 Å². The summed E-state index contributed by atoms with van der Waals surface area (Å²) in [6.45, 7) is 7.18. The van der Waals surface area contributed by atoms with Gasteiger partial charge in [0.2, 0.25) is 17.7 Å². The minimum atomic E-state index is -1.42. The Balaban J connectivity index is 0.717. The smallest absolute Gasteiger partial charge is 0.417 e. The molecule has 0 radical (unpaired) electrons. The zero-order valence-electron chi connectivity index (χ0n) is 60.4. The molecule has 0 saturated carbocycles. The molecule has 0 aliphatic heterocycles. The van der Waals surface area contributed by atoms with Crippen LogP contribution in [0.4, 0.5) is 29.7 Å². The van der Waals surface area contributed by atoms with Crippen LogP contribution in [0.2, 0.25) is 0 Å². The van der Waals surface area contributed by atoms with Crippen LogP contribution in [0.3, 0.4) is 0 Å². The van der Waals surface area contributed by atoms with Crippen molar-refractivity contribution < 1.29 is 62.1 Å². The second-order valence-electron chi connectivity index (χ2n) is 27.2. The van der Waals surface area contributed by atoms with Crippen molar-refractivity contribution >= 4 is 59.7 Å². The molecule has 0 fully saturated rings. The summed E-state index contributed by atoms with van der Waals surface area (Å²) in [5.41, 5.74) is 31.3. The number of amides is 10. The number of primary amides is 1. The summed E-state index contributed by atoms with van der Waals surface area (Å²) in [5.74, 6) is -4.53. The average molecular weight is 1440 g/mol. The van der Waals surface area contributed by atoms with E-state index in [0.29, 0.717) is 83.4 Å². The van der Waals surface area contributed by atoms with E-state index in [2.05, 4.69) is 75.1 Å². The van der Waals surface area contributed by atoms with E-state index < -0.39 is 78.1 Å². The maximum atomic E-state index is 14.5. The van der Waals surface area contributed by atoms with E-state index in [4.69, 9.17) is 36.1 Å². The Morgan fingerprint density at radius 2 is 0.868 bits per heavy atom. The lowest BCUT2D eigenvalue weighted by Gasteiger charge is -2.31. The van der Waals surface area contributed by atoms with Gasteiger partial charge in [-0.2, -0.15) is 0 Å². The molecule has 3 aliphatic rings. The number of nitrogens with zero attached hydrogens (tertiary/aromatic N) is 3. The summed E-state index contributed by atoms with van der Waals surface area (Å²) in [7, 11) is 0. The van der Waals surface area contributed by atoms with Crippen LogP contribution in [-0.4, -0.2) is 159 Å². The van der Waals surface area contributed by atoms with Gasteiger partial charge in [0, 0.05) is 69.6 Å².